The summed E-state index contributed by atoms with van der Waals surface area (Å²) in [5.41, 5.74) is 11.3. The van der Waals surface area contributed by atoms with E-state index in [0.29, 0.717) is 25.0 Å². The zero-order chi connectivity index (χ0) is 23.9. The van der Waals surface area contributed by atoms with Gasteiger partial charge in [0, 0.05) is 42.8 Å². The van der Waals surface area contributed by atoms with Crippen molar-refractivity contribution in [3.63, 3.8) is 0 Å². The number of imidazole rings is 1. The summed E-state index contributed by atoms with van der Waals surface area (Å²) in [6.45, 7) is 0.404. The highest BCUT2D eigenvalue weighted by Gasteiger charge is 2.11. The predicted octanol–water partition coefficient (Wildman–Crippen LogP) is 4.76. The number of carbonyl (C=O) groups excluding carboxylic acids is 1. The minimum absolute atomic E-state index is 0.0498. The molecule has 1 aromatic heterocycles. The Labute approximate surface area is 199 Å². The van der Waals surface area contributed by atoms with Crippen LogP contribution in [-0.2, 0) is 29.4 Å². The van der Waals surface area contributed by atoms with Gasteiger partial charge in [0.2, 0.25) is 0 Å². The SMILES string of the molecule is Cn1cc(-c2ccc(C(=N)N)cc2)nc1-c1ccc(CCC(=O)OCCc2ccccc2)cc1. The largest absolute Gasteiger partial charge is 0.465 e. The van der Waals surface area contributed by atoms with Crippen LogP contribution in [0.1, 0.15) is 23.1 Å². The second-order valence-corrected chi connectivity index (χ2v) is 8.20. The van der Waals surface area contributed by atoms with E-state index in [-0.39, 0.29) is 11.8 Å². The van der Waals surface area contributed by atoms with Crippen molar-refractivity contribution in [2.45, 2.75) is 19.3 Å². The molecule has 4 aromatic rings. The van der Waals surface area contributed by atoms with E-state index in [9.17, 15) is 4.79 Å². The Morgan fingerprint density at radius 1 is 0.912 bits per heavy atom. The van der Waals surface area contributed by atoms with Crippen molar-refractivity contribution >= 4 is 11.8 Å². The lowest BCUT2D eigenvalue weighted by atomic mass is 10.1. The van der Waals surface area contributed by atoms with Crippen molar-refractivity contribution < 1.29 is 9.53 Å². The van der Waals surface area contributed by atoms with Crippen LogP contribution in [0, 0.1) is 5.41 Å². The summed E-state index contributed by atoms with van der Waals surface area (Å²) in [6.07, 6.45) is 3.71. The minimum Gasteiger partial charge on any atom is -0.465 e. The number of nitrogen functional groups attached to an aromatic ring is 1. The Hall–Kier alpha value is -4.19. The van der Waals surface area contributed by atoms with Crippen LogP contribution in [0.25, 0.3) is 22.6 Å². The van der Waals surface area contributed by atoms with Gasteiger partial charge in [0.25, 0.3) is 0 Å². The van der Waals surface area contributed by atoms with Crippen molar-refractivity contribution in [3.8, 4) is 22.6 Å². The van der Waals surface area contributed by atoms with Gasteiger partial charge in [-0.15, -0.1) is 0 Å². The molecular weight excluding hydrogens is 424 g/mol. The van der Waals surface area contributed by atoms with E-state index in [1.54, 1.807) is 0 Å². The number of rotatable bonds is 9. The molecule has 172 valence electrons. The standard InChI is InChI=1S/C28H28N4O2/c1-32-19-25(22-12-14-23(15-13-22)27(29)30)31-28(32)24-10-7-21(8-11-24)9-16-26(33)34-18-17-20-5-3-2-4-6-20/h2-8,10-15,19H,9,16-18H2,1H3,(H3,29,30). The zero-order valence-corrected chi connectivity index (χ0v) is 19.2. The maximum atomic E-state index is 12.1. The van der Waals surface area contributed by atoms with Crippen LogP contribution >= 0.6 is 0 Å². The number of nitrogens with one attached hydrogen (secondary N) is 1. The van der Waals surface area contributed by atoms with Gasteiger partial charge in [-0.3, -0.25) is 10.2 Å². The molecular formula is C28H28N4O2. The third-order valence-electron chi connectivity index (χ3n) is 5.69. The summed E-state index contributed by atoms with van der Waals surface area (Å²) in [6, 6.07) is 25.6. The average molecular weight is 453 g/mol. The van der Waals surface area contributed by atoms with Crippen molar-refractivity contribution in [1.82, 2.24) is 9.55 Å². The molecule has 0 aliphatic heterocycles. The topological polar surface area (TPSA) is 94.0 Å². The summed E-state index contributed by atoms with van der Waals surface area (Å²) >= 11 is 0. The number of carbonyl (C=O) groups is 1. The third kappa shape index (κ3) is 5.78. The molecule has 0 amide bonds. The van der Waals surface area contributed by atoms with E-state index in [0.717, 1.165) is 40.2 Å². The maximum absolute atomic E-state index is 12.1. The lowest BCUT2D eigenvalue weighted by Gasteiger charge is -2.06. The van der Waals surface area contributed by atoms with Crippen LogP contribution < -0.4 is 5.73 Å². The number of ether oxygens (including phenoxy) is 1. The number of aryl methyl sites for hydroxylation is 2. The lowest BCUT2D eigenvalue weighted by molar-refractivity contribution is -0.143. The summed E-state index contributed by atoms with van der Waals surface area (Å²) in [7, 11) is 1.97. The zero-order valence-electron chi connectivity index (χ0n) is 19.2. The van der Waals surface area contributed by atoms with Gasteiger partial charge < -0.3 is 15.0 Å². The first-order chi connectivity index (χ1) is 16.5. The lowest BCUT2D eigenvalue weighted by Crippen LogP contribution is -2.10. The van der Waals surface area contributed by atoms with E-state index in [2.05, 4.69) is 0 Å². The van der Waals surface area contributed by atoms with E-state index in [4.69, 9.17) is 20.9 Å². The van der Waals surface area contributed by atoms with E-state index >= 15 is 0 Å². The highest BCUT2D eigenvalue weighted by molar-refractivity contribution is 5.95. The molecule has 0 spiro atoms. The summed E-state index contributed by atoms with van der Waals surface area (Å²) in [5, 5.41) is 7.53. The quantitative estimate of drug-likeness (QED) is 0.218. The Balaban J connectivity index is 1.32. The number of hydrogen-bond acceptors (Lipinski definition) is 4. The van der Waals surface area contributed by atoms with Crippen molar-refractivity contribution in [2.75, 3.05) is 6.61 Å². The van der Waals surface area contributed by atoms with E-state index < -0.39 is 0 Å². The fourth-order valence-electron chi connectivity index (χ4n) is 3.76. The molecule has 0 fully saturated rings. The molecule has 6 nitrogen and oxygen atoms in total. The fourth-order valence-corrected chi connectivity index (χ4v) is 3.76. The molecule has 34 heavy (non-hydrogen) atoms. The average Bonchev–Trinajstić information content (AvgIpc) is 3.25. The number of esters is 1. The summed E-state index contributed by atoms with van der Waals surface area (Å²) in [4.78, 5) is 16.9. The first-order valence-electron chi connectivity index (χ1n) is 11.3. The van der Waals surface area contributed by atoms with Gasteiger partial charge in [-0.1, -0.05) is 78.9 Å². The summed E-state index contributed by atoms with van der Waals surface area (Å²) in [5.74, 6) is 0.732. The van der Waals surface area contributed by atoms with Gasteiger partial charge in [0.05, 0.1) is 12.3 Å². The molecule has 0 atom stereocenters. The molecule has 0 aliphatic rings. The normalized spacial score (nSPS) is 10.7. The summed E-state index contributed by atoms with van der Waals surface area (Å²) < 4.78 is 7.36. The van der Waals surface area contributed by atoms with Crippen LogP contribution in [-0.4, -0.2) is 28.0 Å². The maximum Gasteiger partial charge on any atom is 0.306 e. The highest BCUT2D eigenvalue weighted by Crippen LogP contribution is 2.25. The van der Waals surface area contributed by atoms with Gasteiger partial charge in [-0.2, -0.15) is 0 Å². The molecule has 4 rings (SSSR count). The van der Waals surface area contributed by atoms with Crippen LogP contribution in [0.5, 0.6) is 0 Å². The molecule has 0 aliphatic carbocycles. The van der Waals surface area contributed by atoms with Crippen molar-refractivity contribution in [1.29, 1.82) is 5.41 Å². The molecule has 0 saturated heterocycles. The second kappa shape index (κ2) is 10.6. The first kappa shape index (κ1) is 23.0. The van der Waals surface area contributed by atoms with E-state index in [1.165, 1.54) is 0 Å². The monoisotopic (exact) mass is 452 g/mol. The fraction of sp³-hybridized carbons (Fsp3) is 0.179. The van der Waals surface area contributed by atoms with Gasteiger partial charge in [-0.25, -0.2) is 4.98 Å². The highest BCUT2D eigenvalue weighted by atomic mass is 16.5. The molecule has 3 N–H and O–H groups in total. The van der Waals surface area contributed by atoms with Crippen LogP contribution in [0.15, 0.2) is 85.1 Å². The molecule has 0 saturated carbocycles. The molecule has 0 bridgehead atoms. The van der Waals surface area contributed by atoms with Gasteiger partial charge in [0.1, 0.15) is 11.7 Å². The van der Waals surface area contributed by atoms with Crippen molar-refractivity contribution in [3.05, 3.63) is 102 Å². The smallest absolute Gasteiger partial charge is 0.306 e. The van der Waals surface area contributed by atoms with Crippen LogP contribution in [0.3, 0.4) is 0 Å². The number of nitrogens with two attached hydrogens (primary N) is 1. The van der Waals surface area contributed by atoms with Gasteiger partial charge in [-0.05, 0) is 17.5 Å². The number of nitrogens with zero attached hydrogens (tertiary/aromatic N) is 2. The number of hydrogen-bond donors (Lipinski definition) is 2. The molecule has 0 radical (unpaired) electrons. The first-order valence-corrected chi connectivity index (χ1v) is 11.3. The molecule has 0 unspecified atom stereocenters. The van der Waals surface area contributed by atoms with Gasteiger partial charge >= 0.3 is 5.97 Å². The third-order valence-corrected chi connectivity index (χ3v) is 5.69. The van der Waals surface area contributed by atoms with Gasteiger partial charge in [0.15, 0.2) is 0 Å². The number of benzene rings is 3. The molecule has 1 heterocycles. The van der Waals surface area contributed by atoms with Crippen LogP contribution in [0.2, 0.25) is 0 Å². The Bertz CT molecular complexity index is 1260. The number of aromatic nitrogens is 2. The van der Waals surface area contributed by atoms with Crippen LogP contribution in [0.4, 0.5) is 0 Å². The Morgan fingerprint density at radius 3 is 2.24 bits per heavy atom. The molecule has 6 heteroatoms. The Kier molecular flexibility index (Phi) is 7.18. The second-order valence-electron chi connectivity index (χ2n) is 8.20. The van der Waals surface area contributed by atoms with E-state index in [1.807, 2.05) is 96.7 Å². The predicted molar refractivity (Wildman–Crippen MR) is 135 cm³/mol. The Morgan fingerprint density at radius 2 is 1.56 bits per heavy atom. The number of amidine groups is 1. The minimum atomic E-state index is -0.176. The van der Waals surface area contributed by atoms with Crippen molar-refractivity contribution in [2.24, 2.45) is 12.8 Å². The molecule has 3 aromatic carbocycles.